The lowest BCUT2D eigenvalue weighted by Gasteiger charge is -2.11. The molecule has 1 aliphatic rings. The van der Waals surface area contributed by atoms with Gasteiger partial charge in [0, 0.05) is 23.2 Å². The summed E-state index contributed by atoms with van der Waals surface area (Å²) in [5.74, 6) is -1.69. The first-order chi connectivity index (χ1) is 11.0. The molecule has 0 unspecified atom stereocenters. The summed E-state index contributed by atoms with van der Waals surface area (Å²) in [4.78, 5) is 36.6. The smallest absolute Gasteiger partial charge is 0.349 e. The molecule has 0 bridgehead atoms. The van der Waals surface area contributed by atoms with E-state index in [1.54, 1.807) is 19.1 Å². The number of aryl methyl sites for hydroxylation is 1. The van der Waals surface area contributed by atoms with Gasteiger partial charge in [0.25, 0.3) is 5.91 Å². The Morgan fingerprint density at radius 1 is 1.43 bits per heavy atom. The standard InChI is InChI=1S/C15H13FN2O4S/c1-8-12-9(16)3-2-4-10(12)23-13(8)14(20)22-7-11(19)18-6-5-17-15(18)21/h2-4H,5-7H2,1H3,(H,17,21). The molecule has 0 radical (unpaired) electrons. The molecule has 3 amide bonds. The van der Waals surface area contributed by atoms with Gasteiger partial charge in [-0.05, 0) is 24.6 Å². The molecule has 120 valence electrons. The minimum Gasteiger partial charge on any atom is -0.451 e. The van der Waals surface area contributed by atoms with Crippen LogP contribution in [0, 0.1) is 12.7 Å². The van der Waals surface area contributed by atoms with Gasteiger partial charge in [0.05, 0.1) is 0 Å². The van der Waals surface area contributed by atoms with Crippen molar-refractivity contribution in [1.82, 2.24) is 10.2 Å². The molecule has 6 nitrogen and oxygen atoms in total. The van der Waals surface area contributed by atoms with Crippen molar-refractivity contribution in [3.05, 3.63) is 34.5 Å². The summed E-state index contributed by atoms with van der Waals surface area (Å²) < 4.78 is 19.5. The Labute approximate surface area is 134 Å². The highest BCUT2D eigenvalue weighted by Gasteiger charge is 2.27. The number of halogens is 1. The Morgan fingerprint density at radius 2 is 2.22 bits per heavy atom. The molecule has 23 heavy (non-hydrogen) atoms. The number of esters is 1. The molecule has 0 atom stereocenters. The summed E-state index contributed by atoms with van der Waals surface area (Å²) in [5.41, 5.74) is 0.486. The first-order valence-corrected chi connectivity index (χ1v) is 7.73. The van der Waals surface area contributed by atoms with E-state index in [4.69, 9.17) is 4.74 Å². The van der Waals surface area contributed by atoms with E-state index in [1.165, 1.54) is 6.07 Å². The van der Waals surface area contributed by atoms with Gasteiger partial charge in [-0.3, -0.25) is 9.69 Å². The highest BCUT2D eigenvalue weighted by Crippen LogP contribution is 2.32. The Balaban J connectivity index is 1.74. The number of amides is 3. The predicted molar refractivity (Wildman–Crippen MR) is 81.9 cm³/mol. The van der Waals surface area contributed by atoms with Crippen molar-refractivity contribution in [2.45, 2.75) is 6.92 Å². The van der Waals surface area contributed by atoms with Crippen LogP contribution in [0.3, 0.4) is 0 Å². The van der Waals surface area contributed by atoms with E-state index < -0.39 is 30.3 Å². The SMILES string of the molecule is Cc1c(C(=O)OCC(=O)N2CCNC2=O)sc2cccc(F)c12. The van der Waals surface area contributed by atoms with Crippen LogP contribution in [0.25, 0.3) is 10.1 Å². The van der Waals surface area contributed by atoms with Crippen molar-refractivity contribution < 1.29 is 23.5 Å². The number of ether oxygens (including phenoxy) is 1. The molecule has 3 rings (SSSR count). The second-order valence-corrected chi connectivity index (χ2v) is 6.07. The summed E-state index contributed by atoms with van der Waals surface area (Å²) in [6.07, 6.45) is 0. The van der Waals surface area contributed by atoms with E-state index in [9.17, 15) is 18.8 Å². The molecule has 1 aromatic heterocycles. The molecule has 1 saturated heterocycles. The molecular formula is C15H13FN2O4S. The fourth-order valence-electron chi connectivity index (χ4n) is 2.43. The summed E-state index contributed by atoms with van der Waals surface area (Å²) in [6.45, 7) is 1.74. The topological polar surface area (TPSA) is 75.7 Å². The Kier molecular flexibility index (Phi) is 3.99. The van der Waals surface area contributed by atoms with Crippen molar-refractivity contribution in [1.29, 1.82) is 0 Å². The van der Waals surface area contributed by atoms with E-state index >= 15 is 0 Å². The fraction of sp³-hybridized carbons (Fsp3) is 0.267. The van der Waals surface area contributed by atoms with Gasteiger partial charge in [-0.15, -0.1) is 11.3 Å². The second-order valence-electron chi connectivity index (χ2n) is 5.02. The van der Waals surface area contributed by atoms with Gasteiger partial charge in [0.2, 0.25) is 0 Å². The van der Waals surface area contributed by atoms with Crippen LogP contribution in [-0.4, -0.2) is 42.5 Å². The largest absolute Gasteiger partial charge is 0.451 e. The van der Waals surface area contributed by atoms with Crippen LogP contribution in [0.1, 0.15) is 15.2 Å². The molecule has 2 aromatic rings. The molecule has 0 aliphatic carbocycles. The zero-order chi connectivity index (χ0) is 16.6. The van der Waals surface area contributed by atoms with Crippen molar-refractivity contribution in [2.24, 2.45) is 0 Å². The summed E-state index contributed by atoms with van der Waals surface area (Å²) >= 11 is 1.11. The number of benzene rings is 1. The summed E-state index contributed by atoms with van der Waals surface area (Å²) in [6, 6.07) is 4.11. The zero-order valence-corrected chi connectivity index (χ0v) is 13.0. The average Bonchev–Trinajstić information content (AvgIpc) is 3.09. The number of carbonyl (C=O) groups excluding carboxylic acids is 3. The summed E-state index contributed by atoms with van der Waals surface area (Å²) in [5, 5.41) is 2.87. The maximum Gasteiger partial charge on any atom is 0.349 e. The first-order valence-electron chi connectivity index (χ1n) is 6.92. The number of hydrogen-bond acceptors (Lipinski definition) is 5. The monoisotopic (exact) mass is 336 g/mol. The molecule has 0 spiro atoms. The lowest BCUT2D eigenvalue weighted by Crippen LogP contribution is -2.37. The number of fused-ring (bicyclic) bond motifs is 1. The van der Waals surface area contributed by atoms with Gasteiger partial charge in [-0.2, -0.15) is 0 Å². The normalized spacial score (nSPS) is 14.2. The Bertz CT molecular complexity index is 817. The van der Waals surface area contributed by atoms with Crippen molar-refractivity contribution >= 4 is 39.3 Å². The lowest BCUT2D eigenvalue weighted by molar-refractivity contribution is -0.130. The van der Waals surface area contributed by atoms with E-state index in [0.717, 1.165) is 16.2 Å². The second kappa shape index (κ2) is 5.96. The van der Waals surface area contributed by atoms with Crippen LogP contribution in [0.2, 0.25) is 0 Å². The fourth-order valence-corrected chi connectivity index (χ4v) is 3.55. The van der Waals surface area contributed by atoms with E-state index in [0.29, 0.717) is 22.2 Å². The molecule has 1 fully saturated rings. The highest BCUT2D eigenvalue weighted by atomic mass is 32.1. The number of thiophene rings is 1. The number of imide groups is 1. The van der Waals surface area contributed by atoms with Gasteiger partial charge in [0.15, 0.2) is 6.61 Å². The lowest BCUT2D eigenvalue weighted by atomic mass is 10.1. The number of nitrogens with zero attached hydrogens (tertiary/aromatic N) is 1. The van der Waals surface area contributed by atoms with E-state index in [2.05, 4.69) is 5.32 Å². The van der Waals surface area contributed by atoms with Crippen LogP contribution in [0.15, 0.2) is 18.2 Å². The van der Waals surface area contributed by atoms with Crippen molar-refractivity contribution in [3.8, 4) is 0 Å². The molecule has 2 heterocycles. The van der Waals surface area contributed by atoms with Gasteiger partial charge < -0.3 is 10.1 Å². The molecule has 1 N–H and O–H groups in total. The third kappa shape index (κ3) is 2.77. The molecule has 1 aromatic carbocycles. The van der Waals surface area contributed by atoms with Crippen LogP contribution >= 0.6 is 11.3 Å². The Morgan fingerprint density at radius 3 is 2.87 bits per heavy atom. The van der Waals surface area contributed by atoms with Gasteiger partial charge in [0.1, 0.15) is 10.7 Å². The van der Waals surface area contributed by atoms with E-state index in [-0.39, 0.29) is 11.4 Å². The zero-order valence-electron chi connectivity index (χ0n) is 12.2. The quantitative estimate of drug-likeness (QED) is 0.871. The summed E-state index contributed by atoms with van der Waals surface area (Å²) in [7, 11) is 0. The molecule has 0 saturated carbocycles. The van der Waals surface area contributed by atoms with Crippen LogP contribution in [0.5, 0.6) is 0 Å². The van der Waals surface area contributed by atoms with Crippen molar-refractivity contribution in [2.75, 3.05) is 19.7 Å². The molecule has 8 heteroatoms. The van der Waals surface area contributed by atoms with Crippen LogP contribution in [-0.2, 0) is 9.53 Å². The number of hydrogen-bond donors (Lipinski definition) is 1. The maximum absolute atomic E-state index is 13.8. The van der Waals surface area contributed by atoms with Crippen LogP contribution < -0.4 is 5.32 Å². The van der Waals surface area contributed by atoms with Crippen LogP contribution in [0.4, 0.5) is 9.18 Å². The Hall–Kier alpha value is -2.48. The number of urea groups is 1. The van der Waals surface area contributed by atoms with E-state index in [1.807, 2.05) is 0 Å². The van der Waals surface area contributed by atoms with Crippen molar-refractivity contribution in [3.63, 3.8) is 0 Å². The highest BCUT2D eigenvalue weighted by molar-refractivity contribution is 7.21. The first kappa shape index (κ1) is 15.4. The third-order valence-corrected chi connectivity index (χ3v) is 4.81. The number of carbonyl (C=O) groups is 3. The minimum atomic E-state index is -0.698. The van der Waals surface area contributed by atoms with Gasteiger partial charge in [-0.1, -0.05) is 6.07 Å². The van der Waals surface area contributed by atoms with Gasteiger partial charge in [-0.25, -0.2) is 14.0 Å². The average molecular weight is 336 g/mol. The third-order valence-electron chi connectivity index (χ3n) is 3.57. The molecule has 1 aliphatic heterocycles. The van der Waals surface area contributed by atoms with Gasteiger partial charge >= 0.3 is 12.0 Å². The maximum atomic E-state index is 13.8. The molecular weight excluding hydrogens is 323 g/mol. The number of nitrogens with one attached hydrogen (secondary N) is 1. The minimum absolute atomic E-state index is 0.252. The number of rotatable bonds is 3. The predicted octanol–water partition coefficient (Wildman–Crippen LogP) is 2.06.